The third kappa shape index (κ3) is 4.81. The molecule has 4 aromatic rings. The van der Waals surface area contributed by atoms with Gasteiger partial charge in [-0.1, -0.05) is 0 Å². The van der Waals surface area contributed by atoms with E-state index < -0.39 is 12.0 Å². The van der Waals surface area contributed by atoms with Crippen LogP contribution in [-0.4, -0.2) is 87.8 Å². The summed E-state index contributed by atoms with van der Waals surface area (Å²) in [4.78, 5) is 19.2. The summed E-state index contributed by atoms with van der Waals surface area (Å²) in [5.74, 6) is -0.173. The number of halogens is 2. The van der Waals surface area contributed by atoms with Crippen LogP contribution in [0.4, 0.5) is 14.6 Å². The van der Waals surface area contributed by atoms with Crippen molar-refractivity contribution < 1.29 is 18.3 Å². The van der Waals surface area contributed by atoms with Gasteiger partial charge in [0.05, 0.1) is 31.1 Å². The first-order valence-corrected chi connectivity index (χ1v) is 13.4. The van der Waals surface area contributed by atoms with Gasteiger partial charge in [-0.15, -0.1) is 0 Å². The summed E-state index contributed by atoms with van der Waals surface area (Å²) in [6, 6.07) is 2.75. The second-order valence-electron chi connectivity index (χ2n) is 10.6. The zero-order chi connectivity index (χ0) is 28.0. The lowest BCUT2D eigenvalue weighted by molar-refractivity contribution is 0.0963. The number of ether oxygens (including phenoxy) is 1. The molecule has 6 rings (SSSR count). The molecule has 210 valence electrons. The van der Waals surface area contributed by atoms with E-state index in [4.69, 9.17) is 9.72 Å². The molecule has 3 aromatic heterocycles. The third-order valence-corrected chi connectivity index (χ3v) is 7.76. The number of carbonyl (C=O) groups is 1. The normalized spacial score (nSPS) is 21.7. The van der Waals surface area contributed by atoms with Gasteiger partial charge in [0.2, 0.25) is 0 Å². The molecule has 0 unspecified atom stereocenters. The van der Waals surface area contributed by atoms with E-state index >= 15 is 4.39 Å². The number of hydrogen-bond donors (Lipinski definition) is 2. The number of likely N-dealkylation sites (tertiary alicyclic amines) is 1. The Morgan fingerprint density at radius 2 is 1.98 bits per heavy atom. The maximum absolute atomic E-state index is 15.4. The number of piperidine rings is 1. The Kier molecular flexibility index (Phi) is 6.97. The van der Waals surface area contributed by atoms with Gasteiger partial charge in [0.1, 0.15) is 17.8 Å². The number of aromatic nitrogens is 5. The average molecular weight is 551 g/mol. The number of amides is 1. The van der Waals surface area contributed by atoms with Crippen LogP contribution in [0.2, 0.25) is 0 Å². The number of nitrogens with one attached hydrogen (secondary N) is 2. The Hall–Kier alpha value is -3.90. The summed E-state index contributed by atoms with van der Waals surface area (Å²) in [6.45, 7) is 3.98. The highest BCUT2D eigenvalue weighted by atomic mass is 19.1. The summed E-state index contributed by atoms with van der Waals surface area (Å²) in [7, 11) is 3.45. The van der Waals surface area contributed by atoms with Crippen molar-refractivity contribution in [2.75, 3.05) is 45.7 Å². The lowest BCUT2D eigenvalue weighted by Crippen LogP contribution is -2.40. The van der Waals surface area contributed by atoms with E-state index in [0.717, 1.165) is 24.1 Å². The molecule has 2 saturated heterocycles. The molecule has 2 aliphatic rings. The van der Waals surface area contributed by atoms with Crippen LogP contribution in [0.25, 0.3) is 27.9 Å². The minimum atomic E-state index is -1.02. The van der Waals surface area contributed by atoms with Gasteiger partial charge in [-0.05, 0) is 44.5 Å². The number of aryl methyl sites for hydroxylation is 1. The van der Waals surface area contributed by atoms with Crippen molar-refractivity contribution in [3.63, 3.8) is 0 Å². The maximum atomic E-state index is 15.4. The number of benzene rings is 1. The van der Waals surface area contributed by atoms with Crippen molar-refractivity contribution in [2.24, 2.45) is 0 Å². The molecule has 2 N–H and O–H groups in total. The number of nitrogens with zero attached hydrogens (tertiary/aromatic N) is 6. The third-order valence-electron chi connectivity index (χ3n) is 7.76. The van der Waals surface area contributed by atoms with E-state index in [2.05, 4.69) is 20.8 Å². The highest BCUT2D eigenvalue weighted by Crippen LogP contribution is 2.35. The highest BCUT2D eigenvalue weighted by Gasteiger charge is 2.30. The van der Waals surface area contributed by atoms with Gasteiger partial charge in [-0.3, -0.25) is 9.48 Å². The summed E-state index contributed by atoms with van der Waals surface area (Å²) in [5.41, 5.74) is 3.34. The number of alkyl halides is 1. The first kappa shape index (κ1) is 26.3. The van der Waals surface area contributed by atoms with Gasteiger partial charge in [-0.2, -0.15) is 10.2 Å². The van der Waals surface area contributed by atoms with Gasteiger partial charge in [-0.25, -0.2) is 18.3 Å². The van der Waals surface area contributed by atoms with Crippen LogP contribution in [0.15, 0.2) is 36.9 Å². The fourth-order valence-corrected chi connectivity index (χ4v) is 5.51. The SMILES string of the molecule is CNC(=O)c1cc(C)c(F)c(-c2cnn3cc(-c4cnn([C@@H]5CCN(C)C[C@H]5F)c4)c(N[C@H]4CCOC4)nc23)c1. The Morgan fingerprint density at radius 1 is 1.12 bits per heavy atom. The van der Waals surface area contributed by atoms with Gasteiger partial charge in [0.15, 0.2) is 5.65 Å². The number of anilines is 1. The van der Waals surface area contributed by atoms with E-state index in [9.17, 15) is 9.18 Å². The summed E-state index contributed by atoms with van der Waals surface area (Å²) >= 11 is 0. The molecule has 0 radical (unpaired) electrons. The van der Waals surface area contributed by atoms with Crippen LogP contribution < -0.4 is 10.6 Å². The maximum Gasteiger partial charge on any atom is 0.251 e. The minimum absolute atomic E-state index is 0.0507. The van der Waals surface area contributed by atoms with E-state index in [1.807, 2.05) is 24.3 Å². The number of fused-ring (bicyclic) bond motifs is 1. The average Bonchev–Trinajstić information content (AvgIpc) is 3.71. The van der Waals surface area contributed by atoms with Gasteiger partial charge >= 0.3 is 0 Å². The van der Waals surface area contributed by atoms with E-state index in [-0.39, 0.29) is 23.6 Å². The fraction of sp³-hybridized carbons (Fsp3) is 0.429. The summed E-state index contributed by atoms with van der Waals surface area (Å²) in [6.07, 6.45) is 7.41. The van der Waals surface area contributed by atoms with E-state index in [0.29, 0.717) is 54.3 Å². The van der Waals surface area contributed by atoms with Gasteiger partial charge in [0.25, 0.3) is 5.91 Å². The minimum Gasteiger partial charge on any atom is -0.379 e. The Balaban J connectivity index is 1.44. The predicted molar refractivity (Wildman–Crippen MR) is 147 cm³/mol. The first-order valence-electron chi connectivity index (χ1n) is 13.4. The molecule has 5 heterocycles. The Bertz CT molecular complexity index is 1560. The van der Waals surface area contributed by atoms with Crippen LogP contribution in [0.1, 0.15) is 34.8 Å². The number of hydrogen-bond acceptors (Lipinski definition) is 7. The van der Waals surface area contributed by atoms with Crippen molar-refractivity contribution in [2.45, 2.75) is 38.0 Å². The standard InChI is InChI=1S/C28H32F2N8O2/c1-16-8-17(28(39)31-2)9-20(25(16)30)21-11-33-38-13-22(26(35-27(21)38)34-19-5-7-40-15-19)18-10-32-37(12-18)24-4-6-36(3)14-23(24)29/h8-13,19,23-24H,4-7,14-15H2,1-3H3,(H,31,39)(H,34,35)/t19-,23+,24+/m0/s1. The Labute approximate surface area is 230 Å². The highest BCUT2D eigenvalue weighted by molar-refractivity contribution is 5.96. The molecule has 0 saturated carbocycles. The topological polar surface area (TPSA) is 102 Å². The second-order valence-corrected chi connectivity index (χ2v) is 10.6. The second kappa shape index (κ2) is 10.6. The molecule has 3 atom stereocenters. The van der Waals surface area contributed by atoms with Crippen molar-refractivity contribution in [3.8, 4) is 22.3 Å². The smallest absolute Gasteiger partial charge is 0.251 e. The van der Waals surface area contributed by atoms with Crippen molar-refractivity contribution in [1.29, 1.82) is 0 Å². The lowest BCUT2D eigenvalue weighted by atomic mass is 10.0. The molecule has 40 heavy (non-hydrogen) atoms. The van der Waals surface area contributed by atoms with E-state index in [1.54, 1.807) is 28.5 Å². The van der Waals surface area contributed by atoms with E-state index in [1.165, 1.54) is 19.2 Å². The van der Waals surface area contributed by atoms with Crippen molar-refractivity contribution >= 4 is 17.4 Å². The molecule has 1 amide bonds. The van der Waals surface area contributed by atoms with Gasteiger partial charge in [0, 0.05) is 67.0 Å². The molecule has 12 heteroatoms. The number of carbonyl (C=O) groups excluding carboxylic acids is 1. The first-order chi connectivity index (χ1) is 19.3. The largest absolute Gasteiger partial charge is 0.379 e. The van der Waals surface area contributed by atoms with Crippen LogP contribution >= 0.6 is 0 Å². The molecule has 0 aliphatic carbocycles. The zero-order valence-corrected chi connectivity index (χ0v) is 22.7. The van der Waals surface area contributed by atoms with Crippen LogP contribution in [0.5, 0.6) is 0 Å². The predicted octanol–water partition coefficient (Wildman–Crippen LogP) is 3.48. The monoisotopic (exact) mass is 550 g/mol. The molecule has 2 aliphatic heterocycles. The van der Waals surface area contributed by atoms with Gasteiger partial charge < -0.3 is 20.3 Å². The van der Waals surface area contributed by atoms with Crippen LogP contribution in [-0.2, 0) is 4.74 Å². The molecule has 0 spiro atoms. The lowest BCUT2D eigenvalue weighted by Gasteiger charge is -2.32. The van der Waals surface area contributed by atoms with Crippen LogP contribution in [0.3, 0.4) is 0 Å². The van der Waals surface area contributed by atoms with Crippen molar-refractivity contribution in [3.05, 3.63) is 53.9 Å². The summed E-state index contributed by atoms with van der Waals surface area (Å²) in [5, 5.41) is 15.1. The summed E-state index contributed by atoms with van der Waals surface area (Å²) < 4.78 is 39.1. The Morgan fingerprint density at radius 3 is 2.73 bits per heavy atom. The van der Waals surface area contributed by atoms with Crippen LogP contribution in [0, 0.1) is 12.7 Å². The molecular weight excluding hydrogens is 518 g/mol. The molecule has 0 bridgehead atoms. The zero-order valence-electron chi connectivity index (χ0n) is 22.7. The molecule has 10 nitrogen and oxygen atoms in total. The number of rotatable bonds is 6. The van der Waals surface area contributed by atoms with Crippen molar-refractivity contribution in [1.82, 2.24) is 34.6 Å². The molecular formula is C28H32F2N8O2. The molecule has 1 aromatic carbocycles. The fourth-order valence-electron chi connectivity index (χ4n) is 5.51. The quantitative estimate of drug-likeness (QED) is 0.379. The molecule has 2 fully saturated rings.